The second-order valence-corrected chi connectivity index (χ2v) is 7.64. The molecule has 0 aromatic heterocycles. The third kappa shape index (κ3) is 7.82. The van der Waals surface area contributed by atoms with Crippen LogP contribution in [-0.4, -0.2) is 15.8 Å². The predicted octanol–water partition coefficient (Wildman–Crippen LogP) is 5.29. The average Bonchev–Trinajstić information content (AvgIpc) is 2.56. The minimum atomic E-state index is -0.967. The second-order valence-electron chi connectivity index (χ2n) is 6.01. The quantitative estimate of drug-likeness (QED) is 0.327. The van der Waals surface area contributed by atoms with Crippen LogP contribution < -0.4 is 0 Å². The molecule has 0 unspecified atom stereocenters. The molecule has 24 heavy (non-hydrogen) atoms. The lowest BCUT2D eigenvalue weighted by Crippen LogP contribution is -2.32. The van der Waals surface area contributed by atoms with Gasteiger partial charge in [-0.05, 0) is 25.3 Å². The maximum absolute atomic E-state index is 12.5. The van der Waals surface area contributed by atoms with Gasteiger partial charge in [-0.3, -0.25) is 9.59 Å². The van der Waals surface area contributed by atoms with Gasteiger partial charge in [0.15, 0.2) is 5.12 Å². The van der Waals surface area contributed by atoms with Crippen LogP contribution in [0.3, 0.4) is 0 Å². The van der Waals surface area contributed by atoms with Crippen molar-refractivity contribution in [1.29, 1.82) is 0 Å². The van der Waals surface area contributed by atoms with Gasteiger partial charge in [-0.1, -0.05) is 80.4 Å². The minimum absolute atomic E-state index is 0.0928. The Bertz CT molecular complexity index is 539. The summed E-state index contributed by atoms with van der Waals surface area (Å²) in [6, 6.07) is 9.55. The molecule has 0 radical (unpaired) electrons. The van der Waals surface area contributed by atoms with Crippen molar-refractivity contribution in [3.63, 3.8) is 0 Å². The Kier molecular flexibility index (Phi) is 9.46. The summed E-state index contributed by atoms with van der Waals surface area (Å²) in [5.74, 6) is -0.378. The molecule has 3 nitrogen and oxygen atoms in total. The van der Waals surface area contributed by atoms with Gasteiger partial charge >= 0.3 is 5.97 Å². The first kappa shape index (κ1) is 20.5. The van der Waals surface area contributed by atoms with Crippen molar-refractivity contribution >= 4 is 22.8 Å². The first-order valence-electron chi connectivity index (χ1n) is 8.56. The van der Waals surface area contributed by atoms with E-state index in [1.165, 1.54) is 26.2 Å². The third-order valence-electron chi connectivity index (χ3n) is 3.63. The van der Waals surface area contributed by atoms with E-state index in [9.17, 15) is 9.59 Å². The Hall–Kier alpha value is -1.55. The topological polar surface area (TPSA) is 43.4 Å². The van der Waals surface area contributed by atoms with Crippen LogP contribution in [0.1, 0.15) is 58.4 Å². The van der Waals surface area contributed by atoms with E-state index < -0.39 is 4.75 Å². The Balaban J connectivity index is 2.62. The maximum atomic E-state index is 12.5. The molecule has 0 aliphatic heterocycles. The smallest absolute Gasteiger partial charge is 0.326 e. The number of carbonyl (C=O) groups is 2. The first-order chi connectivity index (χ1) is 11.5. The van der Waals surface area contributed by atoms with Crippen LogP contribution in [0.4, 0.5) is 0 Å². The van der Waals surface area contributed by atoms with Crippen molar-refractivity contribution in [3.05, 3.63) is 48.0 Å². The van der Waals surface area contributed by atoms with Gasteiger partial charge in [-0.2, -0.15) is 0 Å². The van der Waals surface area contributed by atoms with E-state index in [1.54, 1.807) is 6.92 Å². The van der Waals surface area contributed by atoms with E-state index >= 15 is 0 Å². The number of hydrogen-bond acceptors (Lipinski definition) is 4. The fraction of sp³-hybridized carbons (Fsp3) is 0.500. The lowest BCUT2D eigenvalue weighted by Gasteiger charge is -2.22. The van der Waals surface area contributed by atoms with Gasteiger partial charge in [0.05, 0.1) is 0 Å². The molecule has 132 valence electrons. The number of esters is 1. The van der Waals surface area contributed by atoms with Gasteiger partial charge in [-0.25, -0.2) is 0 Å². The molecule has 0 amide bonds. The molecule has 4 heteroatoms. The van der Waals surface area contributed by atoms with Crippen molar-refractivity contribution < 1.29 is 14.3 Å². The Morgan fingerprint density at radius 3 is 2.50 bits per heavy atom. The lowest BCUT2D eigenvalue weighted by atomic mass is 10.1. The maximum Gasteiger partial charge on any atom is 0.326 e. The second kappa shape index (κ2) is 11.1. The summed E-state index contributed by atoms with van der Waals surface area (Å²) >= 11 is 1.01. The summed E-state index contributed by atoms with van der Waals surface area (Å²) in [4.78, 5) is 24.0. The molecule has 0 spiro atoms. The van der Waals surface area contributed by atoms with Crippen molar-refractivity contribution in [1.82, 2.24) is 0 Å². The number of thioether (sulfide) groups is 1. The molecule has 0 N–H and O–H groups in total. The zero-order chi connectivity index (χ0) is 17.8. The largest absolute Gasteiger partial charge is 0.460 e. The van der Waals surface area contributed by atoms with Gasteiger partial charge < -0.3 is 4.74 Å². The highest BCUT2D eigenvalue weighted by molar-refractivity contribution is 8.15. The van der Waals surface area contributed by atoms with Crippen molar-refractivity contribution in [2.75, 3.05) is 0 Å². The highest BCUT2D eigenvalue weighted by Crippen LogP contribution is 2.29. The highest BCUT2D eigenvalue weighted by atomic mass is 32.2. The van der Waals surface area contributed by atoms with Crippen molar-refractivity contribution in [2.45, 2.75) is 64.2 Å². The highest BCUT2D eigenvalue weighted by Gasteiger charge is 2.34. The van der Waals surface area contributed by atoms with E-state index in [2.05, 4.69) is 6.92 Å². The van der Waals surface area contributed by atoms with Crippen LogP contribution in [0.25, 0.3) is 0 Å². The van der Waals surface area contributed by atoms with Gasteiger partial charge in [0.25, 0.3) is 0 Å². The fourth-order valence-corrected chi connectivity index (χ4v) is 3.21. The zero-order valence-corrected chi connectivity index (χ0v) is 15.7. The molecule has 0 saturated carbocycles. The predicted molar refractivity (Wildman–Crippen MR) is 101 cm³/mol. The summed E-state index contributed by atoms with van der Waals surface area (Å²) < 4.78 is 4.46. The van der Waals surface area contributed by atoms with E-state index in [0.717, 1.165) is 30.2 Å². The molecule has 0 bridgehead atoms. The number of ether oxygens (including phenoxy) is 1. The third-order valence-corrected chi connectivity index (χ3v) is 4.65. The summed E-state index contributed by atoms with van der Waals surface area (Å²) in [5, 5.41) is -0.0928. The molecule has 1 aromatic rings. The van der Waals surface area contributed by atoms with Crippen LogP contribution in [0.5, 0.6) is 0 Å². The number of benzene rings is 1. The van der Waals surface area contributed by atoms with Crippen LogP contribution in [0, 0.1) is 0 Å². The first-order valence-corrected chi connectivity index (χ1v) is 9.38. The van der Waals surface area contributed by atoms with Crippen LogP contribution in [0.2, 0.25) is 0 Å². The van der Waals surface area contributed by atoms with Crippen LogP contribution >= 0.6 is 11.8 Å². The molecular weight excluding hydrogens is 320 g/mol. The van der Waals surface area contributed by atoms with Crippen LogP contribution in [-0.2, 0) is 20.9 Å². The molecule has 0 aliphatic carbocycles. The van der Waals surface area contributed by atoms with E-state index in [1.807, 2.05) is 42.5 Å². The number of hydrogen-bond donors (Lipinski definition) is 0. The lowest BCUT2D eigenvalue weighted by molar-refractivity contribution is -0.146. The van der Waals surface area contributed by atoms with Crippen LogP contribution in [0.15, 0.2) is 42.5 Å². The standard InChI is InChI=1S/C20H28O3S/c1-4-5-6-7-8-12-15-20(3,24-17(2)21)19(22)23-16-18-13-10-9-11-14-18/h9-15H,4-8,16H2,1-3H3/b15-12+/t20-/m1/s1. The molecule has 1 rings (SSSR count). The number of rotatable bonds is 10. The summed E-state index contributed by atoms with van der Waals surface area (Å²) in [6.07, 6.45) is 9.45. The van der Waals surface area contributed by atoms with Gasteiger partial charge in [0, 0.05) is 6.92 Å². The van der Waals surface area contributed by atoms with E-state index in [0.29, 0.717) is 0 Å². The molecule has 0 fully saturated rings. The van der Waals surface area contributed by atoms with Gasteiger partial charge in [0.1, 0.15) is 11.4 Å². The summed E-state index contributed by atoms with van der Waals surface area (Å²) in [6.45, 7) is 5.62. The number of allylic oxidation sites excluding steroid dienone is 1. The molecule has 0 saturated heterocycles. The SMILES string of the molecule is CCCCCC/C=C/[C@@](C)(SC(C)=O)C(=O)OCc1ccccc1. The molecule has 0 heterocycles. The molecular formula is C20H28O3S. The molecule has 1 aromatic carbocycles. The van der Waals surface area contributed by atoms with Crippen molar-refractivity contribution in [2.24, 2.45) is 0 Å². The average molecular weight is 349 g/mol. The van der Waals surface area contributed by atoms with Crippen molar-refractivity contribution in [3.8, 4) is 0 Å². The van der Waals surface area contributed by atoms with Gasteiger partial charge in [0.2, 0.25) is 0 Å². The molecule has 0 aliphatic rings. The van der Waals surface area contributed by atoms with E-state index in [4.69, 9.17) is 4.74 Å². The van der Waals surface area contributed by atoms with E-state index in [-0.39, 0.29) is 17.7 Å². The molecule has 1 atom stereocenters. The minimum Gasteiger partial charge on any atom is -0.460 e. The Labute approximate surface area is 149 Å². The summed E-state index contributed by atoms with van der Waals surface area (Å²) in [5.41, 5.74) is 0.935. The normalized spacial score (nSPS) is 13.6. The Morgan fingerprint density at radius 1 is 1.17 bits per heavy atom. The Morgan fingerprint density at radius 2 is 1.88 bits per heavy atom. The zero-order valence-electron chi connectivity index (χ0n) is 14.9. The summed E-state index contributed by atoms with van der Waals surface area (Å²) in [7, 11) is 0. The fourth-order valence-electron chi connectivity index (χ4n) is 2.31. The van der Waals surface area contributed by atoms with Gasteiger partial charge in [-0.15, -0.1) is 0 Å². The number of unbranched alkanes of at least 4 members (excludes halogenated alkanes) is 4. The monoisotopic (exact) mass is 348 g/mol. The number of carbonyl (C=O) groups excluding carboxylic acids is 2.